The van der Waals surface area contributed by atoms with Crippen LogP contribution in [0.2, 0.25) is 0 Å². The molecule has 4 amide bonds. The van der Waals surface area contributed by atoms with Gasteiger partial charge in [0.1, 0.15) is 12.3 Å². The van der Waals surface area contributed by atoms with E-state index in [1.54, 1.807) is 12.1 Å². The highest BCUT2D eigenvalue weighted by Crippen LogP contribution is 2.41. The number of carbonyl (C=O) groups is 3. The minimum Gasteiger partial charge on any atom is -0.493 e. The molecule has 4 rings (SSSR count). The number of rotatable bonds is 3. The van der Waals surface area contributed by atoms with Gasteiger partial charge in [-0.15, -0.1) is 0 Å². The molecule has 2 saturated heterocycles. The SMILES string of the molecule is CC[C@H]1CCCCN1C(=O)CN1C(=O)N[C@@]2(CCOc3ccccc32)C1=O. The zero-order valence-corrected chi connectivity index (χ0v) is 15.6. The van der Waals surface area contributed by atoms with Crippen molar-refractivity contribution in [2.75, 3.05) is 19.7 Å². The number of nitrogens with zero attached hydrogens (tertiary/aromatic N) is 2. The van der Waals surface area contributed by atoms with Crippen LogP contribution in [-0.2, 0) is 15.1 Å². The Hall–Kier alpha value is -2.57. The maximum absolute atomic E-state index is 13.2. The summed E-state index contributed by atoms with van der Waals surface area (Å²) in [5, 5.41) is 2.85. The van der Waals surface area contributed by atoms with E-state index in [-0.39, 0.29) is 24.4 Å². The van der Waals surface area contributed by atoms with Crippen molar-refractivity contribution in [3.05, 3.63) is 29.8 Å². The monoisotopic (exact) mass is 371 g/mol. The number of hydrogen-bond donors (Lipinski definition) is 1. The molecule has 0 unspecified atom stereocenters. The first kappa shape index (κ1) is 17.8. The van der Waals surface area contributed by atoms with Crippen molar-refractivity contribution in [3.8, 4) is 5.75 Å². The number of ether oxygens (including phenoxy) is 1. The van der Waals surface area contributed by atoms with Crippen LogP contribution >= 0.6 is 0 Å². The lowest BCUT2D eigenvalue weighted by Crippen LogP contribution is -2.50. The van der Waals surface area contributed by atoms with Crippen LogP contribution in [0.3, 0.4) is 0 Å². The first-order valence-corrected chi connectivity index (χ1v) is 9.72. The zero-order chi connectivity index (χ0) is 19.0. The molecule has 1 spiro atoms. The predicted molar refractivity (Wildman–Crippen MR) is 98.1 cm³/mol. The highest BCUT2D eigenvalue weighted by molar-refractivity contribution is 6.09. The number of imide groups is 1. The van der Waals surface area contributed by atoms with Crippen molar-refractivity contribution >= 4 is 17.8 Å². The highest BCUT2D eigenvalue weighted by Gasteiger charge is 2.55. The van der Waals surface area contributed by atoms with Crippen LogP contribution in [0.5, 0.6) is 5.75 Å². The van der Waals surface area contributed by atoms with Gasteiger partial charge in [0.15, 0.2) is 5.54 Å². The van der Waals surface area contributed by atoms with Crippen molar-refractivity contribution in [2.45, 2.75) is 50.6 Å². The van der Waals surface area contributed by atoms with Crippen molar-refractivity contribution in [2.24, 2.45) is 0 Å². The van der Waals surface area contributed by atoms with Gasteiger partial charge in [-0.25, -0.2) is 4.79 Å². The summed E-state index contributed by atoms with van der Waals surface area (Å²) < 4.78 is 5.64. The fraction of sp³-hybridized carbons (Fsp3) is 0.550. The zero-order valence-electron chi connectivity index (χ0n) is 15.6. The van der Waals surface area contributed by atoms with Crippen LogP contribution in [0.4, 0.5) is 4.79 Å². The fourth-order valence-corrected chi connectivity index (χ4v) is 4.49. The Bertz CT molecular complexity index is 780. The number of hydrogen-bond acceptors (Lipinski definition) is 4. The molecule has 3 aliphatic heterocycles. The summed E-state index contributed by atoms with van der Waals surface area (Å²) >= 11 is 0. The number of urea groups is 1. The predicted octanol–water partition coefficient (Wildman–Crippen LogP) is 2.01. The molecule has 7 nitrogen and oxygen atoms in total. The van der Waals surface area contributed by atoms with Gasteiger partial charge in [-0.3, -0.25) is 14.5 Å². The van der Waals surface area contributed by atoms with Gasteiger partial charge in [0, 0.05) is 24.6 Å². The average molecular weight is 371 g/mol. The molecule has 3 aliphatic rings. The lowest BCUT2D eigenvalue weighted by molar-refractivity contribution is -0.141. The van der Waals surface area contributed by atoms with E-state index < -0.39 is 11.6 Å². The molecule has 0 aromatic heterocycles. The third kappa shape index (κ3) is 2.85. The second kappa shape index (κ2) is 6.87. The Balaban J connectivity index is 1.57. The molecule has 7 heteroatoms. The molecule has 2 fully saturated rings. The van der Waals surface area contributed by atoms with Crippen LogP contribution in [0.25, 0.3) is 0 Å². The number of fused-ring (bicyclic) bond motifs is 2. The quantitative estimate of drug-likeness (QED) is 0.825. The molecule has 2 atom stereocenters. The third-order valence-corrected chi connectivity index (χ3v) is 5.97. The van der Waals surface area contributed by atoms with Crippen LogP contribution in [0.1, 0.15) is 44.6 Å². The average Bonchev–Trinajstić information content (AvgIpc) is 2.93. The van der Waals surface area contributed by atoms with Gasteiger partial charge in [0.25, 0.3) is 5.91 Å². The second-order valence-electron chi connectivity index (χ2n) is 7.47. The molecule has 1 aromatic carbocycles. The van der Waals surface area contributed by atoms with Gasteiger partial charge < -0.3 is 15.0 Å². The number of likely N-dealkylation sites (tertiary alicyclic amines) is 1. The maximum Gasteiger partial charge on any atom is 0.325 e. The Morgan fingerprint density at radius 2 is 2.11 bits per heavy atom. The summed E-state index contributed by atoms with van der Waals surface area (Å²) in [4.78, 5) is 41.6. The molecule has 3 heterocycles. The Morgan fingerprint density at radius 3 is 2.93 bits per heavy atom. The van der Waals surface area contributed by atoms with Crippen molar-refractivity contribution < 1.29 is 19.1 Å². The van der Waals surface area contributed by atoms with Gasteiger partial charge in [-0.05, 0) is 31.7 Å². The van der Waals surface area contributed by atoms with E-state index in [0.29, 0.717) is 30.9 Å². The number of amides is 4. The lowest BCUT2D eigenvalue weighted by atomic mass is 9.84. The van der Waals surface area contributed by atoms with Gasteiger partial charge >= 0.3 is 6.03 Å². The molecule has 0 aliphatic carbocycles. The second-order valence-corrected chi connectivity index (χ2v) is 7.47. The summed E-state index contributed by atoms with van der Waals surface area (Å²) in [5.41, 5.74) is -0.466. The first-order valence-electron chi connectivity index (χ1n) is 9.72. The maximum atomic E-state index is 13.2. The van der Waals surface area contributed by atoms with E-state index in [0.717, 1.165) is 30.6 Å². The fourth-order valence-electron chi connectivity index (χ4n) is 4.49. The lowest BCUT2D eigenvalue weighted by Gasteiger charge is -2.36. The number of benzene rings is 1. The Morgan fingerprint density at radius 1 is 1.30 bits per heavy atom. The van der Waals surface area contributed by atoms with Crippen LogP contribution in [-0.4, -0.2) is 53.4 Å². The highest BCUT2D eigenvalue weighted by atomic mass is 16.5. The molecule has 144 valence electrons. The number of carbonyl (C=O) groups excluding carboxylic acids is 3. The largest absolute Gasteiger partial charge is 0.493 e. The van der Waals surface area contributed by atoms with Gasteiger partial charge in [0.05, 0.1) is 6.61 Å². The number of nitrogens with one attached hydrogen (secondary N) is 1. The van der Waals surface area contributed by atoms with Gasteiger partial charge in [0.2, 0.25) is 5.91 Å². The smallest absolute Gasteiger partial charge is 0.325 e. The van der Waals surface area contributed by atoms with Crippen LogP contribution in [0, 0.1) is 0 Å². The summed E-state index contributed by atoms with van der Waals surface area (Å²) in [6.45, 7) is 2.90. The molecular formula is C20H25N3O4. The van der Waals surface area contributed by atoms with Crippen molar-refractivity contribution in [3.63, 3.8) is 0 Å². The molecular weight excluding hydrogens is 346 g/mol. The normalized spacial score (nSPS) is 27.4. The first-order chi connectivity index (χ1) is 13.1. The van der Waals surface area contributed by atoms with Gasteiger partial charge in [-0.2, -0.15) is 0 Å². The van der Waals surface area contributed by atoms with Crippen molar-refractivity contribution in [1.29, 1.82) is 0 Å². The summed E-state index contributed by atoms with van der Waals surface area (Å²) in [6.07, 6.45) is 4.32. The number of para-hydroxylation sites is 1. The van der Waals surface area contributed by atoms with E-state index >= 15 is 0 Å². The summed E-state index contributed by atoms with van der Waals surface area (Å²) in [7, 11) is 0. The van der Waals surface area contributed by atoms with E-state index in [4.69, 9.17) is 4.74 Å². The molecule has 1 N–H and O–H groups in total. The van der Waals surface area contributed by atoms with Gasteiger partial charge in [-0.1, -0.05) is 25.1 Å². The van der Waals surface area contributed by atoms with Crippen LogP contribution < -0.4 is 10.1 Å². The van der Waals surface area contributed by atoms with E-state index in [1.165, 1.54) is 0 Å². The topological polar surface area (TPSA) is 79.0 Å². The van der Waals surface area contributed by atoms with E-state index in [9.17, 15) is 14.4 Å². The molecule has 1 aromatic rings. The minimum atomic E-state index is -1.13. The summed E-state index contributed by atoms with van der Waals surface area (Å²) in [5.74, 6) is 0.0942. The third-order valence-electron chi connectivity index (χ3n) is 5.97. The molecule has 0 saturated carbocycles. The van der Waals surface area contributed by atoms with Crippen LogP contribution in [0.15, 0.2) is 24.3 Å². The minimum absolute atomic E-state index is 0.151. The van der Waals surface area contributed by atoms with E-state index in [1.807, 2.05) is 17.0 Å². The van der Waals surface area contributed by atoms with E-state index in [2.05, 4.69) is 12.2 Å². The molecule has 0 radical (unpaired) electrons. The Kier molecular flexibility index (Phi) is 4.53. The standard InChI is InChI=1S/C20H25N3O4/c1-2-14-7-5-6-11-22(14)17(24)13-23-18(25)20(21-19(23)26)10-12-27-16-9-4-3-8-15(16)20/h3-4,8-9,14H,2,5-7,10-13H2,1H3,(H,21,26)/t14-,20+/m0/s1. The number of piperidine rings is 1. The molecule has 27 heavy (non-hydrogen) atoms. The Labute approximate surface area is 158 Å². The van der Waals surface area contributed by atoms with Crippen molar-refractivity contribution in [1.82, 2.24) is 15.1 Å². The summed E-state index contributed by atoms with van der Waals surface area (Å²) in [6, 6.07) is 6.95. The molecule has 0 bridgehead atoms.